The van der Waals surface area contributed by atoms with Crippen molar-refractivity contribution in [2.75, 3.05) is 22.6 Å². The Kier molecular flexibility index (Phi) is 7.38. The standard InChI is InChI=1S/C22H29N5O4S2/c1-27-19(12-15-10-11-33(30,31)14-15)25-26-22(27)32-13-20(28)24-18-9-5-4-8-17(18)21(29)23-16-6-2-3-7-16/h4-5,8-9,15-16H,2-3,6-7,10-14H2,1H3,(H,23,29)(H,24,28). The van der Waals surface area contributed by atoms with Gasteiger partial charge in [-0.1, -0.05) is 36.7 Å². The minimum absolute atomic E-state index is 0.0610. The number of hydrogen-bond donors (Lipinski definition) is 2. The molecule has 1 aliphatic carbocycles. The van der Waals surface area contributed by atoms with Crippen molar-refractivity contribution in [3.63, 3.8) is 0 Å². The summed E-state index contributed by atoms with van der Waals surface area (Å²) in [5.41, 5.74) is 0.940. The summed E-state index contributed by atoms with van der Waals surface area (Å²) in [5.74, 6) is 0.905. The normalized spacial score (nSPS) is 20.1. The van der Waals surface area contributed by atoms with Crippen molar-refractivity contribution in [1.82, 2.24) is 20.1 Å². The first kappa shape index (κ1) is 23.7. The van der Waals surface area contributed by atoms with Gasteiger partial charge in [-0.25, -0.2) is 8.42 Å². The molecule has 1 saturated carbocycles. The second kappa shape index (κ2) is 10.3. The Labute approximate surface area is 198 Å². The molecule has 0 bridgehead atoms. The van der Waals surface area contributed by atoms with E-state index in [1.54, 1.807) is 24.3 Å². The van der Waals surface area contributed by atoms with Gasteiger partial charge in [-0.15, -0.1) is 10.2 Å². The molecule has 1 saturated heterocycles. The van der Waals surface area contributed by atoms with E-state index in [0.29, 0.717) is 35.1 Å². The number of carbonyl (C=O) groups is 2. The fourth-order valence-corrected chi connectivity index (χ4v) is 6.97. The lowest BCUT2D eigenvalue weighted by molar-refractivity contribution is -0.113. The van der Waals surface area contributed by atoms with Gasteiger partial charge >= 0.3 is 0 Å². The van der Waals surface area contributed by atoms with Gasteiger partial charge in [-0.3, -0.25) is 9.59 Å². The Morgan fingerprint density at radius 1 is 1.15 bits per heavy atom. The van der Waals surface area contributed by atoms with Crippen LogP contribution in [0, 0.1) is 5.92 Å². The highest BCUT2D eigenvalue weighted by Crippen LogP contribution is 2.24. The highest BCUT2D eigenvalue weighted by atomic mass is 32.2. The van der Waals surface area contributed by atoms with E-state index >= 15 is 0 Å². The molecule has 2 heterocycles. The van der Waals surface area contributed by atoms with E-state index in [1.807, 2.05) is 11.6 Å². The number of hydrogen-bond acceptors (Lipinski definition) is 7. The van der Waals surface area contributed by atoms with Crippen LogP contribution in [-0.2, 0) is 28.1 Å². The molecule has 178 valence electrons. The number of nitrogens with one attached hydrogen (secondary N) is 2. The first-order valence-corrected chi connectivity index (χ1v) is 14.0. The molecule has 1 unspecified atom stereocenters. The second-order valence-electron chi connectivity index (χ2n) is 8.77. The zero-order chi connectivity index (χ0) is 23.4. The molecule has 2 N–H and O–H groups in total. The number of para-hydroxylation sites is 1. The number of carbonyl (C=O) groups excluding carboxylic acids is 2. The van der Waals surface area contributed by atoms with Crippen molar-refractivity contribution >= 4 is 39.1 Å². The van der Waals surface area contributed by atoms with Gasteiger partial charge in [0.1, 0.15) is 5.82 Å². The van der Waals surface area contributed by atoms with E-state index < -0.39 is 9.84 Å². The molecule has 11 heteroatoms. The molecule has 1 aliphatic heterocycles. The molecule has 2 aliphatic rings. The fourth-order valence-electron chi connectivity index (χ4n) is 4.38. The number of nitrogens with zero attached hydrogens (tertiary/aromatic N) is 3. The van der Waals surface area contributed by atoms with E-state index in [2.05, 4.69) is 20.8 Å². The lowest BCUT2D eigenvalue weighted by Gasteiger charge is -2.15. The molecule has 2 amide bonds. The van der Waals surface area contributed by atoms with Gasteiger partial charge in [0.2, 0.25) is 5.91 Å². The van der Waals surface area contributed by atoms with Gasteiger partial charge in [0.05, 0.1) is 28.5 Å². The summed E-state index contributed by atoms with van der Waals surface area (Å²) in [7, 11) is -1.11. The van der Waals surface area contributed by atoms with Gasteiger partial charge in [0.15, 0.2) is 15.0 Å². The van der Waals surface area contributed by atoms with Crippen LogP contribution < -0.4 is 10.6 Å². The first-order chi connectivity index (χ1) is 15.8. The van der Waals surface area contributed by atoms with Crippen LogP contribution in [0.2, 0.25) is 0 Å². The summed E-state index contributed by atoms with van der Waals surface area (Å²) >= 11 is 1.25. The van der Waals surface area contributed by atoms with E-state index in [9.17, 15) is 18.0 Å². The summed E-state index contributed by atoms with van der Waals surface area (Å²) in [4.78, 5) is 25.3. The Hall–Kier alpha value is -2.40. The number of anilines is 1. The van der Waals surface area contributed by atoms with Crippen LogP contribution in [0.5, 0.6) is 0 Å². The Bertz CT molecular complexity index is 1130. The number of rotatable bonds is 8. The smallest absolute Gasteiger partial charge is 0.253 e. The molecular weight excluding hydrogens is 462 g/mol. The highest BCUT2D eigenvalue weighted by Gasteiger charge is 2.29. The van der Waals surface area contributed by atoms with Crippen molar-refractivity contribution in [3.05, 3.63) is 35.7 Å². The van der Waals surface area contributed by atoms with Crippen molar-refractivity contribution in [3.8, 4) is 0 Å². The van der Waals surface area contributed by atoms with Crippen molar-refractivity contribution in [1.29, 1.82) is 0 Å². The third-order valence-electron chi connectivity index (χ3n) is 6.19. The Balaban J connectivity index is 1.32. The summed E-state index contributed by atoms with van der Waals surface area (Å²) in [6.45, 7) is 0. The molecule has 4 rings (SSSR count). The van der Waals surface area contributed by atoms with Gasteiger partial charge in [-0.05, 0) is 37.3 Å². The predicted octanol–water partition coefficient (Wildman–Crippen LogP) is 2.20. The Morgan fingerprint density at radius 2 is 1.91 bits per heavy atom. The van der Waals surface area contributed by atoms with Crippen LogP contribution in [-0.4, -0.2) is 58.3 Å². The summed E-state index contributed by atoms with van der Waals surface area (Å²) in [6.07, 6.45) is 5.45. The molecule has 0 spiro atoms. The van der Waals surface area contributed by atoms with Crippen LogP contribution >= 0.6 is 11.8 Å². The molecule has 2 fully saturated rings. The summed E-state index contributed by atoms with van der Waals surface area (Å²) < 4.78 is 25.2. The maximum Gasteiger partial charge on any atom is 0.253 e. The molecule has 1 aromatic carbocycles. The number of amides is 2. The molecule has 1 atom stereocenters. The maximum atomic E-state index is 12.7. The average Bonchev–Trinajstić information content (AvgIpc) is 3.49. The number of sulfone groups is 1. The zero-order valence-corrected chi connectivity index (χ0v) is 20.3. The Morgan fingerprint density at radius 3 is 2.64 bits per heavy atom. The number of aromatic nitrogens is 3. The maximum absolute atomic E-state index is 12.7. The van der Waals surface area contributed by atoms with Crippen molar-refractivity contribution in [2.24, 2.45) is 13.0 Å². The third-order valence-corrected chi connectivity index (χ3v) is 9.05. The topological polar surface area (TPSA) is 123 Å². The largest absolute Gasteiger partial charge is 0.349 e. The van der Waals surface area contributed by atoms with E-state index in [-0.39, 0.29) is 41.0 Å². The van der Waals surface area contributed by atoms with Gasteiger partial charge in [0, 0.05) is 19.5 Å². The quantitative estimate of drug-likeness (QED) is 0.543. The molecule has 1 aromatic heterocycles. The van der Waals surface area contributed by atoms with Crippen molar-refractivity contribution < 1.29 is 18.0 Å². The van der Waals surface area contributed by atoms with Gasteiger partial charge in [-0.2, -0.15) is 0 Å². The SMILES string of the molecule is Cn1c(CC2CCS(=O)(=O)C2)nnc1SCC(=O)Nc1ccccc1C(=O)NC1CCCC1. The number of benzene rings is 1. The van der Waals surface area contributed by atoms with Crippen molar-refractivity contribution in [2.45, 2.75) is 49.7 Å². The monoisotopic (exact) mass is 491 g/mol. The average molecular weight is 492 g/mol. The van der Waals surface area contributed by atoms with Crippen LogP contribution in [0.25, 0.3) is 0 Å². The van der Waals surface area contributed by atoms with E-state index in [4.69, 9.17) is 0 Å². The lowest BCUT2D eigenvalue weighted by Crippen LogP contribution is -2.33. The molecule has 2 aromatic rings. The second-order valence-corrected chi connectivity index (χ2v) is 11.9. The van der Waals surface area contributed by atoms with Crippen LogP contribution in [0.4, 0.5) is 5.69 Å². The molecule has 33 heavy (non-hydrogen) atoms. The van der Waals surface area contributed by atoms with E-state index in [0.717, 1.165) is 25.7 Å². The summed E-state index contributed by atoms with van der Waals surface area (Å²) in [6, 6.07) is 7.21. The third kappa shape index (κ3) is 6.14. The lowest BCUT2D eigenvalue weighted by atomic mass is 10.1. The highest BCUT2D eigenvalue weighted by molar-refractivity contribution is 7.99. The molecule has 9 nitrogen and oxygen atoms in total. The predicted molar refractivity (Wildman–Crippen MR) is 127 cm³/mol. The van der Waals surface area contributed by atoms with Crippen LogP contribution in [0.3, 0.4) is 0 Å². The summed E-state index contributed by atoms with van der Waals surface area (Å²) in [5, 5.41) is 14.8. The zero-order valence-electron chi connectivity index (χ0n) is 18.6. The van der Waals surface area contributed by atoms with Gasteiger partial charge < -0.3 is 15.2 Å². The fraction of sp³-hybridized carbons (Fsp3) is 0.545. The number of thioether (sulfide) groups is 1. The molecular formula is C22H29N5O4S2. The minimum atomic E-state index is -2.93. The van der Waals surface area contributed by atoms with Crippen LogP contribution in [0.15, 0.2) is 29.4 Å². The van der Waals surface area contributed by atoms with Gasteiger partial charge in [0.25, 0.3) is 5.91 Å². The van der Waals surface area contributed by atoms with E-state index in [1.165, 1.54) is 11.8 Å². The first-order valence-electron chi connectivity index (χ1n) is 11.2. The van der Waals surface area contributed by atoms with Crippen LogP contribution in [0.1, 0.15) is 48.3 Å². The molecule has 0 radical (unpaired) electrons. The minimum Gasteiger partial charge on any atom is -0.349 e.